The number of carbonyl (C=O) groups excluding carboxylic acids is 2. The molecule has 2 aliphatic rings. The number of hydrogen-bond donors (Lipinski definition) is 1. The van der Waals surface area contributed by atoms with Crippen molar-refractivity contribution < 1.29 is 33.6 Å². The van der Waals surface area contributed by atoms with Crippen LogP contribution in [0.5, 0.6) is 23.0 Å². The maximum absolute atomic E-state index is 13.4. The summed E-state index contributed by atoms with van der Waals surface area (Å²) in [6.07, 6.45) is 3.23. The average Bonchev–Trinajstić information content (AvgIpc) is 3.17. The molecule has 0 saturated carbocycles. The lowest BCUT2D eigenvalue weighted by Gasteiger charge is -2.27. The molecule has 9 nitrogen and oxygen atoms in total. The van der Waals surface area contributed by atoms with Crippen LogP contribution in [0.25, 0.3) is 5.76 Å². The molecule has 1 unspecified atom stereocenters. The van der Waals surface area contributed by atoms with E-state index in [2.05, 4.69) is 4.98 Å². The first kappa shape index (κ1) is 23.2. The number of pyridine rings is 1. The molecule has 9 heteroatoms. The third-order valence-corrected chi connectivity index (χ3v) is 6.19. The van der Waals surface area contributed by atoms with Crippen molar-refractivity contribution in [1.82, 2.24) is 9.88 Å². The van der Waals surface area contributed by atoms with Crippen molar-refractivity contribution in [3.8, 4) is 23.0 Å². The van der Waals surface area contributed by atoms with Crippen LogP contribution in [0.1, 0.15) is 22.7 Å². The van der Waals surface area contributed by atoms with Crippen molar-refractivity contribution >= 4 is 17.4 Å². The molecule has 2 aliphatic heterocycles. The number of aliphatic hydroxyl groups is 1. The summed E-state index contributed by atoms with van der Waals surface area (Å²) in [4.78, 5) is 32.2. The minimum atomic E-state index is -0.934. The highest BCUT2D eigenvalue weighted by Crippen LogP contribution is 2.46. The van der Waals surface area contributed by atoms with Gasteiger partial charge < -0.3 is 29.0 Å². The number of Topliss-reactive ketones (excluding diaryl/α,β-unsaturated/α-hetero) is 1. The van der Waals surface area contributed by atoms with Crippen LogP contribution in [0.4, 0.5) is 0 Å². The smallest absolute Gasteiger partial charge is 0.295 e. The van der Waals surface area contributed by atoms with E-state index in [4.69, 9.17) is 18.9 Å². The first-order chi connectivity index (χ1) is 17.5. The Balaban J connectivity index is 1.69. The number of aromatic nitrogens is 1. The minimum absolute atomic E-state index is 0.0581. The topological polar surface area (TPSA) is 107 Å². The summed E-state index contributed by atoms with van der Waals surface area (Å²) in [5, 5.41) is 11.4. The first-order valence-electron chi connectivity index (χ1n) is 11.3. The van der Waals surface area contributed by atoms with Crippen LogP contribution in [0.15, 0.2) is 66.5 Å². The summed E-state index contributed by atoms with van der Waals surface area (Å²) in [7, 11) is 2.99. The van der Waals surface area contributed by atoms with Crippen LogP contribution >= 0.6 is 0 Å². The van der Waals surface area contributed by atoms with E-state index in [9.17, 15) is 14.7 Å². The fraction of sp³-hybridized carbons (Fsp3) is 0.222. The summed E-state index contributed by atoms with van der Waals surface area (Å²) < 4.78 is 22.3. The number of benzene rings is 2. The maximum Gasteiger partial charge on any atom is 0.295 e. The Labute approximate surface area is 207 Å². The highest BCUT2D eigenvalue weighted by Gasteiger charge is 2.47. The summed E-state index contributed by atoms with van der Waals surface area (Å²) in [5.74, 6) is -0.0677. The predicted octanol–water partition coefficient (Wildman–Crippen LogP) is 3.49. The van der Waals surface area contributed by atoms with Gasteiger partial charge in [-0.05, 0) is 42.0 Å². The molecule has 3 heterocycles. The second-order valence-electron chi connectivity index (χ2n) is 8.22. The van der Waals surface area contributed by atoms with Crippen molar-refractivity contribution in [2.45, 2.75) is 12.6 Å². The summed E-state index contributed by atoms with van der Waals surface area (Å²) >= 11 is 0. The molecule has 0 radical (unpaired) electrons. The summed E-state index contributed by atoms with van der Waals surface area (Å²) in [6, 6.07) is 12.7. The molecule has 3 aromatic rings. The van der Waals surface area contributed by atoms with Gasteiger partial charge in [-0.3, -0.25) is 14.6 Å². The van der Waals surface area contributed by atoms with Crippen molar-refractivity contribution in [3.05, 3.63) is 83.2 Å². The monoisotopic (exact) mass is 488 g/mol. The zero-order valence-electron chi connectivity index (χ0n) is 19.8. The lowest BCUT2D eigenvalue weighted by molar-refractivity contribution is -0.140. The number of carbonyl (C=O) groups is 2. The number of ether oxygens (including phenoxy) is 4. The molecule has 1 saturated heterocycles. The molecule has 1 N–H and O–H groups in total. The van der Waals surface area contributed by atoms with E-state index in [1.54, 1.807) is 60.9 Å². The van der Waals surface area contributed by atoms with E-state index >= 15 is 0 Å². The number of fused-ring (bicyclic) bond motifs is 1. The highest BCUT2D eigenvalue weighted by molar-refractivity contribution is 6.46. The fourth-order valence-corrected chi connectivity index (χ4v) is 4.52. The van der Waals surface area contributed by atoms with Crippen LogP contribution in [0, 0.1) is 0 Å². The van der Waals surface area contributed by atoms with E-state index in [0.717, 1.165) is 5.56 Å². The van der Waals surface area contributed by atoms with Crippen LogP contribution in [-0.4, -0.2) is 54.1 Å². The molecule has 0 bridgehead atoms. The first-order valence-corrected chi connectivity index (χ1v) is 11.3. The zero-order chi connectivity index (χ0) is 25.2. The Bertz CT molecular complexity index is 1350. The number of likely N-dealkylation sites (tertiary alicyclic amines) is 1. The Morgan fingerprint density at radius 2 is 1.78 bits per heavy atom. The maximum atomic E-state index is 13.4. The van der Waals surface area contributed by atoms with E-state index in [1.807, 2.05) is 0 Å². The van der Waals surface area contributed by atoms with Crippen LogP contribution < -0.4 is 18.9 Å². The van der Waals surface area contributed by atoms with Gasteiger partial charge in [0, 0.05) is 30.1 Å². The third-order valence-electron chi connectivity index (χ3n) is 6.19. The SMILES string of the molecule is COc1cccc(C2/C(=C(\O)c3ccc4c(c3)OCCO4)C(=O)C(=O)N2Cc2ccncc2)c1OC. The van der Waals surface area contributed by atoms with Crippen LogP contribution in [0.3, 0.4) is 0 Å². The Morgan fingerprint density at radius 1 is 1.03 bits per heavy atom. The van der Waals surface area contributed by atoms with Gasteiger partial charge >= 0.3 is 0 Å². The highest BCUT2D eigenvalue weighted by atomic mass is 16.6. The Kier molecular flexibility index (Phi) is 6.20. The molecule has 1 atom stereocenters. The van der Waals surface area contributed by atoms with E-state index in [0.29, 0.717) is 47.3 Å². The van der Waals surface area contributed by atoms with E-state index in [-0.39, 0.29) is 17.9 Å². The molecule has 2 aromatic carbocycles. The molecule has 0 spiro atoms. The van der Waals surface area contributed by atoms with Gasteiger partial charge in [0.2, 0.25) is 0 Å². The molecule has 184 valence electrons. The van der Waals surface area contributed by atoms with Gasteiger partial charge in [0.05, 0.1) is 25.8 Å². The van der Waals surface area contributed by atoms with Crippen molar-refractivity contribution in [3.63, 3.8) is 0 Å². The fourth-order valence-electron chi connectivity index (χ4n) is 4.52. The quantitative estimate of drug-likeness (QED) is 0.319. The standard InChI is InChI=1S/C27H24N2O7/c1-33-20-5-3-4-18(26(20)34-2)23-22(24(30)17-6-7-19-21(14-17)36-13-12-35-19)25(31)27(32)29(23)15-16-8-10-28-11-9-16/h3-11,14,23,30H,12-13,15H2,1-2H3/b24-22+. The average molecular weight is 488 g/mol. The zero-order valence-corrected chi connectivity index (χ0v) is 19.8. The lowest BCUT2D eigenvalue weighted by atomic mass is 9.94. The molecule has 1 amide bonds. The molecular formula is C27H24N2O7. The van der Waals surface area contributed by atoms with Crippen molar-refractivity contribution in [1.29, 1.82) is 0 Å². The van der Waals surface area contributed by atoms with Crippen LogP contribution in [-0.2, 0) is 16.1 Å². The molecule has 36 heavy (non-hydrogen) atoms. The lowest BCUT2D eigenvalue weighted by Crippen LogP contribution is -2.29. The molecule has 0 aliphatic carbocycles. The van der Waals surface area contributed by atoms with Gasteiger partial charge in [-0.2, -0.15) is 0 Å². The largest absolute Gasteiger partial charge is 0.507 e. The number of rotatable bonds is 6. The van der Waals surface area contributed by atoms with Crippen molar-refractivity contribution in [2.24, 2.45) is 0 Å². The Morgan fingerprint density at radius 3 is 2.50 bits per heavy atom. The van der Waals surface area contributed by atoms with Gasteiger partial charge in [0.25, 0.3) is 11.7 Å². The van der Waals surface area contributed by atoms with Gasteiger partial charge in [0.15, 0.2) is 23.0 Å². The van der Waals surface area contributed by atoms with Gasteiger partial charge in [0.1, 0.15) is 19.0 Å². The summed E-state index contributed by atoms with van der Waals surface area (Å²) in [5.41, 5.74) is 1.55. The van der Waals surface area contributed by atoms with E-state index in [1.165, 1.54) is 19.1 Å². The summed E-state index contributed by atoms with van der Waals surface area (Å²) in [6.45, 7) is 0.915. The normalized spacial score (nSPS) is 18.3. The Hall–Kier alpha value is -4.53. The molecular weight excluding hydrogens is 464 g/mol. The number of nitrogens with zero attached hydrogens (tertiary/aromatic N) is 2. The predicted molar refractivity (Wildman–Crippen MR) is 129 cm³/mol. The second kappa shape index (κ2) is 9.61. The minimum Gasteiger partial charge on any atom is -0.507 e. The molecule has 1 aromatic heterocycles. The number of methoxy groups -OCH3 is 2. The van der Waals surface area contributed by atoms with Crippen LogP contribution in [0.2, 0.25) is 0 Å². The number of ketones is 1. The number of hydrogen-bond acceptors (Lipinski definition) is 8. The van der Waals surface area contributed by atoms with Gasteiger partial charge in [-0.1, -0.05) is 12.1 Å². The van der Waals surface area contributed by atoms with E-state index < -0.39 is 17.7 Å². The van der Waals surface area contributed by atoms with Gasteiger partial charge in [-0.15, -0.1) is 0 Å². The molecule has 1 fully saturated rings. The number of amides is 1. The van der Waals surface area contributed by atoms with Crippen molar-refractivity contribution in [2.75, 3.05) is 27.4 Å². The third kappa shape index (κ3) is 3.98. The second-order valence-corrected chi connectivity index (χ2v) is 8.22. The van der Waals surface area contributed by atoms with Gasteiger partial charge in [-0.25, -0.2) is 0 Å². The number of aliphatic hydroxyl groups excluding tert-OH is 1. The number of para-hydroxylation sites is 1. The molecule has 5 rings (SSSR count).